The standard InChI is InChI=1S/C12H25NO/c1-9(2)14-12(8-13)11-6-4-10(3)5-7-11/h9-12H,4-8,13H2,1-3H3. The lowest BCUT2D eigenvalue weighted by Crippen LogP contribution is -2.36. The van der Waals surface area contributed by atoms with Crippen LogP contribution in [0, 0.1) is 11.8 Å². The van der Waals surface area contributed by atoms with E-state index in [2.05, 4.69) is 20.8 Å². The second-order valence-electron chi connectivity index (χ2n) is 4.98. The molecule has 0 bridgehead atoms. The summed E-state index contributed by atoms with van der Waals surface area (Å²) >= 11 is 0. The lowest BCUT2D eigenvalue weighted by Gasteiger charge is -2.33. The van der Waals surface area contributed by atoms with Crippen LogP contribution < -0.4 is 5.73 Å². The zero-order valence-corrected chi connectivity index (χ0v) is 9.83. The van der Waals surface area contributed by atoms with E-state index in [4.69, 9.17) is 10.5 Å². The lowest BCUT2D eigenvalue weighted by atomic mass is 9.80. The minimum Gasteiger partial charge on any atom is -0.374 e. The van der Waals surface area contributed by atoms with Crippen molar-refractivity contribution in [1.82, 2.24) is 0 Å². The first-order valence-corrected chi connectivity index (χ1v) is 5.99. The summed E-state index contributed by atoms with van der Waals surface area (Å²) in [7, 11) is 0. The summed E-state index contributed by atoms with van der Waals surface area (Å²) in [6.45, 7) is 7.20. The van der Waals surface area contributed by atoms with Crippen molar-refractivity contribution >= 4 is 0 Å². The Morgan fingerprint density at radius 1 is 1.21 bits per heavy atom. The number of hydrogen-bond acceptors (Lipinski definition) is 2. The van der Waals surface area contributed by atoms with Crippen molar-refractivity contribution in [3.63, 3.8) is 0 Å². The second kappa shape index (κ2) is 5.72. The summed E-state index contributed by atoms with van der Waals surface area (Å²) in [4.78, 5) is 0. The molecule has 0 aliphatic heterocycles. The molecule has 0 spiro atoms. The third-order valence-corrected chi connectivity index (χ3v) is 3.27. The molecule has 2 nitrogen and oxygen atoms in total. The molecule has 2 N–H and O–H groups in total. The van der Waals surface area contributed by atoms with E-state index in [0.29, 0.717) is 24.7 Å². The van der Waals surface area contributed by atoms with Gasteiger partial charge in [-0.25, -0.2) is 0 Å². The van der Waals surface area contributed by atoms with Crippen molar-refractivity contribution in [1.29, 1.82) is 0 Å². The average molecular weight is 199 g/mol. The Bertz CT molecular complexity index is 150. The molecule has 0 radical (unpaired) electrons. The Morgan fingerprint density at radius 3 is 2.21 bits per heavy atom. The molecular weight excluding hydrogens is 174 g/mol. The van der Waals surface area contributed by atoms with Crippen LogP contribution in [0.2, 0.25) is 0 Å². The van der Waals surface area contributed by atoms with Gasteiger partial charge in [0, 0.05) is 6.54 Å². The van der Waals surface area contributed by atoms with Gasteiger partial charge in [-0.05, 0) is 38.5 Å². The summed E-state index contributed by atoms with van der Waals surface area (Å²) in [6.07, 6.45) is 5.90. The van der Waals surface area contributed by atoms with Gasteiger partial charge >= 0.3 is 0 Å². The molecule has 1 unspecified atom stereocenters. The summed E-state index contributed by atoms with van der Waals surface area (Å²) in [5.41, 5.74) is 5.76. The van der Waals surface area contributed by atoms with Crippen LogP contribution in [0.15, 0.2) is 0 Å². The first kappa shape index (κ1) is 12.0. The number of hydrogen-bond donors (Lipinski definition) is 1. The van der Waals surface area contributed by atoms with Gasteiger partial charge in [0.05, 0.1) is 12.2 Å². The minimum atomic E-state index is 0.294. The van der Waals surface area contributed by atoms with E-state index in [9.17, 15) is 0 Å². The summed E-state index contributed by atoms with van der Waals surface area (Å²) < 4.78 is 5.85. The largest absolute Gasteiger partial charge is 0.374 e. The topological polar surface area (TPSA) is 35.2 Å². The molecule has 1 rings (SSSR count). The van der Waals surface area contributed by atoms with Gasteiger partial charge in [-0.3, -0.25) is 0 Å². The molecule has 84 valence electrons. The fourth-order valence-corrected chi connectivity index (χ4v) is 2.37. The van der Waals surface area contributed by atoms with E-state index in [1.807, 2.05) is 0 Å². The van der Waals surface area contributed by atoms with Crippen LogP contribution >= 0.6 is 0 Å². The highest BCUT2D eigenvalue weighted by Crippen LogP contribution is 2.31. The molecule has 1 aliphatic carbocycles. The zero-order valence-electron chi connectivity index (χ0n) is 9.83. The molecule has 0 aromatic rings. The molecular formula is C12H25NO. The third kappa shape index (κ3) is 3.58. The monoisotopic (exact) mass is 199 g/mol. The molecule has 1 saturated carbocycles. The van der Waals surface area contributed by atoms with Crippen LogP contribution in [0.5, 0.6) is 0 Å². The van der Waals surface area contributed by atoms with Gasteiger partial charge in [0.15, 0.2) is 0 Å². The van der Waals surface area contributed by atoms with E-state index < -0.39 is 0 Å². The average Bonchev–Trinajstić information content (AvgIpc) is 2.15. The molecule has 2 heteroatoms. The van der Waals surface area contributed by atoms with Crippen molar-refractivity contribution in [2.24, 2.45) is 17.6 Å². The highest BCUT2D eigenvalue weighted by Gasteiger charge is 2.26. The maximum atomic E-state index is 5.85. The summed E-state index contributed by atoms with van der Waals surface area (Å²) in [5.74, 6) is 1.61. The lowest BCUT2D eigenvalue weighted by molar-refractivity contribution is -0.0326. The molecule has 14 heavy (non-hydrogen) atoms. The first-order chi connectivity index (χ1) is 6.63. The number of ether oxygens (including phenoxy) is 1. The van der Waals surface area contributed by atoms with Crippen LogP contribution in [0.3, 0.4) is 0 Å². The van der Waals surface area contributed by atoms with Gasteiger partial charge in [0.25, 0.3) is 0 Å². The Labute approximate surface area is 88.2 Å². The van der Waals surface area contributed by atoms with Crippen LogP contribution in [0.25, 0.3) is 0 Å². The molecule has 0 heterocycles. The van der Waals surface area contributed by atoms with Gasteiger partial charge in [-0.2, -0.15) is 0 Å². The van der Waals surface area contributed by atoms with E-state index in [1.165, 1.54) is 25.7 Å². The van der Waals surface area contributed by atoms with Gasteiger partial charge in [0.2, 0.25) is 0 Å². The third-order valence-electron chi connectivity index (χ3n) is 3.27. The number of rotatable bonds is 4. The van der Waals surface area contributed by atoms with Crippen LogP contribution in [-0.2, 0) is 4.74 Å². The Kier molecular flexibility index (Phi) is 4.90. The van der Waals surface area contributed by atoms with E-state index in [1.54, 1.807) is 0 Å². The van der Waals surface area contributed by atoms with E-state index >= 15 is 0 Å². The Balaban J connectivity index is 2.36. The summed E-state index contributed by atoms with van der Waals surface area (Å²) in [6, 6.07) is 0. The molecule has 0 saturated heterocycles. The Hall–Kier alpha value is -0.0800. The van der Waals surface area contributed by atoms with Crippen molar-refractivity contribution in [3.05, 3.63) is 0 Å². The molecule has 1 atom stereocenters. The van der Waals surface area contributed by atoms with Crippen molar-refractivity contribution < 1.29 is 4.74 Å². The highest BCUT2D eigenvalue weighted by molar-refractivity contribution is 4.77. The second-order valence-corrected chi connectivity index (χ2v) is 4.98. The van der Waals surface area contributed by atoms with E-state index in [0.717, 1.165) is 5.92 Å². The molecule has 1 fully saturated rings. The van der Waals surface area contributed by atoms with Gasteiger partial charge in [-0.15, -0.1) is 0 Å². The van der Waals surface area contributed by atoms with Gasteiger partial charge < -0.3 is 10.5 Å². The van der Waals surface area contributed by atoms with Gasteiger partial charge in [-0.1, -0.05) is 19.8 Å². The van der Waals surface area contributed by atoms with Crippen LogP contribution in [0.1, 0.15) is 46.5 Å². The highest BCUT2D eigenvalue weighted by atomic mass is 16.5. The number of nitrogens with two attached hydrogens (primary N) is 1. The van der Waals surface area contributed by atoms with Crippen LogP contribution in [-0.4, -0.2) is 18.8 Å². The summed E-state index contributed by atoms with van der Waals surface area (Å²) in [5, 5.41) is 0. The van der Waals surface area contributed by atoms with Gasteiger partial charge in [0.1, 0.15) is 0 Å². The van der Waals surface area contributed by atoms with Crippen molar-refractivity contribution in [2.45, 2.75) is 58.7 Å². The minimum absolute atomic E-state index is 0.294. The Morgan fingerprint density at radius 2 is 1.79 bits per heavy atom. The first-order valence-electron chi connectivity index (χ1n) is 5.99. The molecule has 1 aliphatic rings. The predicted molar refractivity (Wildman–Crippen MR) is 60.2 cm³/mol. The molecule has 0 aromatic heterocycles. The SMILES string of the molecule is CC1CCC(C(CN)OC(C)C)CC1. The van der Waals surface area contributed by atoms with Crippen LogP contribution in [0.4, 0.5) is 0 Å². The smallest absolute Gasteiger partial charge is 0.0728 e. The maximum Gasteiger partial charge on any atom is 0.0728 e. The fourth-order valence-electron chi connectivity index (χ4n) is 2.37. The van der Waals surface area contributed by atoms with Crippen molar-refractivity contribution in [2.75, 3.05) is 6.54 Å². The van der Waals surface area contributed by atoms with Crippen molar-refractivity contribution in [3.8, 4) is 0 Å². The normalized spacial score (nSPS) is 30.6. The maximum absolute atomic E-state index is 5.85. The molecule has 0 aromatic carbocycles. The quantitative estimate of drug-likeness (QED) is 0.755. The zero-order chi connectivity index (χ0) is 10.6. The fraction of sp³-hybridized carbons (Fsp3) is 1.00. The molecule has 0 amide bonds. The van der Waals surface area contributed by atoms with E-state index in [-0.39, 0.29) is 0 Å². The predicted octanol–water partition coefficient (Wildman–Crippen LogP) is 2.57.